The summed E-state index contributed by atoms with van der Waals surface area (Å²) in [5.41, 5.74) is 4.98. The summed E-state index contributed by atoms with van der Waals surface area (Å²) in [5.74, 6) is -13.6. The molecular weight excluding hydrogens is 1350 g/mol. The molecule has 0 spiro atoms. The van der Waals surface area contributed by atoms with Crippen molar-refractivity contribution in [3.8, 4) is 80.1 Å². The Morgan fingerprint density at radius 3 is 1.76 bits per heavy atom. The number of fused-ring (bicyclic) bond motifs is 14. The first-order chi connectivity index (χ1) is 48.4. The molecular formula is C72H71Cl2N9O18. The highest BCUT2D eigenvalue weighted by Crippen LogP contribution is 2.48. The molecule has 8 atom stereocenters. The summed E-state index contributed by atoms with van der Waals surface area (Å²) in [7, 11) is 0. The Morgan fingerprint density at radius 2 is 1.08 bits per heavy atom. The number of carbonyl (C=O) groups is 8. The largest absolute Gasteiger partial charge is 0.508 e. The second-order valence-corrected chi connectivity index (χ2v) is 26.2. The molecule has 17 bridgehead atoms. The Kier molecular flexibility index (Phi) is 20.4. The van der Waals surface area contributed by atoms with Gasteiger partial charge in [-0.1, -0.05) is 92.9 Å². The van der Waals surface area contributed by atoms with Crippen molar-refractivity contribution in [1.29, 1.82) is 0 Å². The van der Waals surface area contributed by atoms with Gasteiger partial charge in [0.2, 0.25) is 53.0 Å². The predicted octanol–water partition coefficient (Wildman–Crippen LogP) is 7.71. The van der Waals surface area contributed by atoms with E-state index < -0.39 is 136 Å². The van der Waals surface area contributed by atoms with E-state index in [4.69, 9.17) is 43.1 Å². The molecule has 29 heteroatoms. The molecule has 0 saturated carbocycles. The van der Waals surface area contributed by atoms with Crippen LogP contribution in [0.5, 0.6) is 69.0 Å². The van der Waals surface area contributed by atoms with Gasteiger partial charge in [0, 0.05) is 62.3 Å². The third-order valence-corrected chi connectivity index (χ3v) is 19.0. The lowest BCUT2D eigenvalue weighted by Gasteiger charge is -2.37. The average molecular weight is 1420 g/mol. The minimum atomic E-state index is -2.17. The Balaban J connectivity index is 0.992. The number of unbranched alkanes of at least 4 members (excludes halogenated alkanes) is 6. The first kappa shape index (κ1) is 69.9. The Hall–Kier alpha value is -11.0. The van der Waals surface area contributed by atoms with Gasteiger partial charge in [0.25, 0.3) is 0 Å². The van der Waals surface area contributed by atoms with Crippen molar-refractivity contribution in [2.45, 2.75) is 113 Å². The molecule has 0 aromatic heterocycles. The topological polar surface area (TPSA) is 411 Å². The molecule has 8 amide bonds. The van der Waals surface area contributed by atoms with E-state index in [2.05, 4.69) is 38.8 Å². The highest BCUT2D eigenvalue weighted by Gasteiger charge is 2.43. The molecule has 7 aromatic carbocycles. The lowest BCUT2D eigenvalue weighted by atomic mass is 9.89. The molecule has 27 nitrogen and oxygen atoms in total. The Bertz CT molecular complexity index is 4490. The molecule has 101 heavy (non-hydrogen) atoms. The first-order valence-corrected chi connectivity index (χ1v) is 33.5. The molecule has 7 aliphatic rings. The number of nitrogens with zero attached hydrogens (tertiary/aromatic N) is 2. The minimum absolute atomic E-state index is 0.0383. The average Bonchev–Trinajstić information content (AvgIpc) is 0.764. The molecule has 1 fully saturated rings. The van der Waals surface area contributed by atoms with Crippen LogP contribution in [0, 0.1) is 0 Å². The van der Waals surface area contributed by atoms with Gasteiger partial charge in [-0.05, 0) is 124 Å². The van der Waals surface area contributed by atoms with Crippen molar-refractivity contribution < 1.29 is 88.3 Å². The van der Waals surface area contributed by atoms with Crippen molar-refractivity contribution >= 4 is 70.5 Å². The summed E-state index contributed by atoms with van der Waals surface area (Å²) >= 11 is 13.9. The van der Waals surface area contributed by atoms with E-state index in [-0.39, 0.29) is 116 Å². The SMILES string of the molecule is CCCCCCCCCC(=O)N1CCN(C(=O)C2NC(=O)[C@H]3NC(=O)[C@H](NC(=O)[C@@H]4NC(=O)[C@H]5NC(=O)[C@@H](Cc6ccc(c(Cl)c6)Oc6cc4cc(c6O)Oc4ccc(cc4Cl)[C@H]3O)NC(=O)[C@H](N)c3ccc(O)c(c3)Oc3cc(O)cc5c3)c3ccc(O)c(c3)-c3c(O)cc(O)cc32)CC1. The zero-order chi connectivity index (χ0) is 71.7. The fourth-order valence-electron chi connectivity index (χ4n) is 13.0. The summed E-state index contributed by atoms with van der Waals surface area (Å²) in [6, 6.07) is 9.28. The number of phenolic OH excluding ortho intramolecular Hbond substituents is 6. The monoisotopic (exact) mass is 1420 g/mol. The molecule has 1 unspecified atom stereocenters. The number of ether oxygens (including phenoxy) is 3. The summed E-state index contributed by atoms with van der Waals surface area (Å²) in [4.78, 5) is 124. The normalized spacial score (nSPS) is 21.4. The number of hydrogen-bond donors (Lipinski definition) is 14. The maximum Gasteiger partial charge on any atom is 0.249 e. The second kappa shape index (κ2) is 29.4. The van der Waals surface area contributed by atoms with E-state index in [0.29, 0.717) is 18.4 Å². The molecule has 14 rings (SSSR count). The lowest BCUT2D eigenvalue weighted by Crippen LogP contribution is -2.57. The fraction of sp³-hybridized carbons (Fsp3) is 0.306. The standard InChI is InChI=1S/C72H71Cl2N9O18/c1-2-3-4-5-6-7-8-9-56(89)82-18-20-83(21-19-82)72(98)62-44-32-41(85)33-50(88)57(44)43-26-36(12-14-48(43)86)59-68(94)81-63(71(97)80-62)64(90)37-13-17-52(46(74)27-37)101-55-30-39-29-54(65(55)91)100-51-16-10-34(22-45(51)73)23-47-66(92)77-60(69(95)79-61(39)70(96)78-59)38-24-40(84)31-42(25-38)99-53-28-35(11-15-49(53)87)58(75)67(93)76-47/h10-17,22,24-33,47,58-64,84-88,90-91H,2-9,18-21,23,75H2,1H3,(H,76,93)(H,77,92)(H,78,96)(H,79,95)(H,80,97)(H,81,94)/t47-,58-,59-,60+,61-,62?,63+,64-/m1/s1. The third kappa shape index (κ3) is 15.0. The smallest absolute Gasteiger partial charge is 0.249 e. The Morgan fingerprint density at radius 1 is 0.505 bits per heavy atom. The van der Waals surface area contributed by atoms with Crippen molar-refractivity contribution in [3.63, 3.8) is 0 Å². The van der Waals surface area contributed by atoms with Gasteiger partial charge >= 0.3 is 0 Å². The number of amides is 8. The third-order valence-electron chi connectivity index (χ3n) is 18.4. The van der Waals surface area contributed by atoms with Crippen LogP contribution < -0.4 is 51.8 Å². The summed E-state index contributed by atoms with van der Waals surface area (Å²) < 4.78 is 18.6. The lowest BCUT2D eigenvalue weighted by molar-refractivity contribution is -0.143. The predicted molar refractivity (Wildman–Crippen MR) is 363 cm³/mol. The van der Waals surface area contributed by atoms with Crippen LogP contribution in [0.25, 0.3) is 11.1 Å². The van der Waals surface area contributed by atoms with Crippen LogP contribution in [-0.2, 0) is 44.8 Å². The van der Waals surface area contributed by atoms with Gasteiger partial charge in [-0.25, -0.2) is 0 Å². The van der Waals surface area contributed by atoms with Crippen LogP contribution in [0.2, 0.25) is 10.0 Å². The first-order valence-electron chi connectivity index (χ1n) is 32.8. The van der Waals surface area contributed by atoms with Crippen molar-refractivity contribution in [2.75, 3.05) is 26.2 Å². The van der Waals surface area contributed by atoms with Gasteiger partial charge in [-0.3, -0.25) is 38.4 Å². The zero-order valence-corrected chi connectivity index (χ0v) is 55.6. The molecule has 7 aliphatic heterocycles. The van der Waals surface area contributed by atoms with E-state index in [1.165, 1.54) is 71.6 Å². The van der Waals surface area contributed by atoms with Crippen molar-refractivity contribution in [2.24, 2.45) is 5.73 Å². The van der Waals surface area contributed by atoms with Crippen LogP contribution in [0.15, 0.2) is 115 Å². The summed E-state index contributed by atoms with van der Waals surface area (Å²) in [5, 5.41) is 97.5. The minimum Gasteiger partial charge on any atom is -0.508 e. The number of benzene rings is 7. The van der Waals surface area contributed by atoms with Gasteiger partial charge in [0.05, 0.1) is 10.0 Å². The van der Waals surface area contributed by atoms with Crippen LogP contribution in [0.3, 0.4) is 0 Å². The number of aromatic hydroxyl groups is 6. The van der Waals surface area contributed by atoms with Crippen LogP contribution >= 0.6 is 23.2 Å². The molecule has 526 valence electrons. The van der Waals surface area contributed by atoms with E-state index in [0.717, 1.165) is 87.1 Å². The number of hydrogen-bond acceptors (Lipinski definition) is 19. The molecule has 0 aliphatic carbocycles. The van der Waals surface area contributed by atoms with Crippen molar-refractivity contribution in [3.05, 3.63) is 164 Å². The van der Waals surface area contributed by atoms with Crippen LogP contribution in [0.4, 0.5) is 0 Å². The fourth-order valence-corrected chi connectivity index (χ4v) is 13.4. The van der Waals surface area contributed by atoms with Gasteiger partial charge in [-0.2, -0.15) is 0 Å². The highest BCUT2D eigenvalue weighted by atomic mass is 35.5. The van der Waals surface area contributed by atoms with Crippen LogP contribution in [-0.4, -0.2) is 131 Å². The second-order valence-electron chi connectivity index (χ2n) is 25.3. The quantitative estimate of drug-likeness (QED) is 0.0615. The summed E-state index contributed by atoms with van der Waals surface area (Å²) in [6.07, 6.45) is 4.88. The van der Waals surface area contributed by atoms with Gasteiger partial charge < -0.3 is 97.4 Å². The van der Waals surface area contributed by atoms with Gasteiger partial charge in [0.15, 0.2) is 23.0 Å². The summed E-state index contributed by atoms with van der Waals surface area (Å²) in [6.45, 7) is 2.27. The zero-order valence-electron chi connectivity index (χ0n) is 54.1. The number of rotatable bonds is 9. The van der Waals surface area contributed by atoms with Crippen LogP contribution in [0.1, 0.15) is 134 Å². The van der Waals surface area contributed by atoms with Crippen molar-refractivity contribution in [1.82, 2.24) is 41.7 Å². The van der Waals surface area contributed by atoms with Gasteiger partial charge in [0.1, 0.15) is 88.6 Å². The van der Waals surface area contributed by atoms with E-state index in [9.17, 15) is 45.3 Å². The van der Waals surface area contributed by atoms with E-state index >= 15 is 28.8 Å². The maximum absolute atomic E-state index is 16.0. The number of halogens is 2. The number of aliphatic hydroxyl groups excluding tert-OH is 1. The molecule has 0 radical (unpaired) electrons. The number of nitrogens with one attached hydrogen (secondary N) is 6. The van der Waals surface area contributed by atoms with E-state index in [1.54, 1.807) is 4.90 Å². The molecule has 15 N–H and O–H groups in total. The van der Waals surface area contributed by atoms with E-state index in [1.807, 2.05) is 0 Å². The number of carbonyl (C=O) groups excluding carboxylic acids is 8. The van der Waals surface area contributed by atoms with Gasteiger partial charge in [-0.15, -0.1) is 0 Å². The number of aliphatic hydroxyl groups is 1. The number of nitrogens with two attached hydrogens (primary N) is 1. The molecule has 7 heterocycles. The maximum atomic E-state index is 16.0. The number of piperazine rings is 1. The Labute approximate surface area is 587 Å². The highest BCUT2D eigenvalue weighted by molar-refractivity contribution is 6.32. The molecule has 7 aromatic rings. The molecule has 1 saturated heterocycles. The number of phenols is 6.